The highest BCUT2D eigenvalue weighted by molar-refractivity contribution is 6.30. The Morgan fingerprint density at radius 3 is 2.41 bits per heavy atom. The van der Waals surface area contributed by atoms with Crippen molar-refractivity contribution < 1.29 is 9.59 Å². The zero-order valence-corrected chi connectivity index (χ0v) is 18.4. The Labute approximate surface area is 191 Å². The maximum absolute atomic E-state index is 13.8. The van der Waals surface area contributed by atoms with E-state index in [-0.39, 0.29) is 29.9 Å². The smallest absolute Gasteiger partial charge is 0.258 e. The molecule has 3 atom stereocenters. The first kappa shape index (κ1) is 19.4. The molecule has 0 saturated carbocycles. The van der Waals surface area contributed by atoms with E-state index in [9.17, 15) is 9.59 Å². The van der Waals surface area contributed by atoms with Crippen LogP contribution in [-0.2, 0) is 0 Å². The maximum Gasteiger partial charge on any atom is 0.258 e. The first-order valence-electron chi connectivity index (χ1n) is 10.9. The number of hydrogen-bond donors (Lipinski definition) is 0. The molecule has 6 rings (SSSR count). The van der Waals surface area contributed by atoms with Crippen LogP contribution in [-0.4, -0.2) is 42.5 Å². The van der Waals surface area contributed by atoms with Gasteiger partial charge >= 0.3 is 0 Å². The number of anilines is 2. The average molecular weight is 444 g/mol. The molecule has 0 spiro atoms. The lowest BCUT2D eigenvalue weighted by atomic mass is 9.84. The minimum Gasteiger partial charge on any atom is -0.352 e. The molecule has 0 N–H and O–H groups in total. The van der Waals surface area contributed by atoms with E-state index in [0.29, 0.717) is 17.1 Å². The molecule has 2 amide bonds. The number of nitrogens with zero attached hydrogens (tertiary/aromatic N) is 3. The number of piperidine rings is 1. The van der Waals surface area contributed by atoms with Gasteiger partial charge in [-0.15, -0.1) is 0 Å². The van der Waals surface area contributed by atoms with Crippen molar-refractivity contribution >= 4 is 34.8 Å². The molecule has 160 valence electrons. The van der Waals surface area contributed by atoms with Crippen molar-refractivity contribution in [1.29, 1.82) is 0 Å². The van der Waals surface area contributed by atoms with Crippen LogP contribution in [0.25, 0.3) is 0 Å². The second-order valence-electron chi connectivity index (χ2n) is 8.67. The van der Waals surface area contributed by atoms with Gasteiger partial charge < -0.3 is 14.7 Å². The molecule has 3 unspecified atom stereocenters. The number of hydrogen-bond acceptors (Lipinski definition) is 3. The van der Waals surface area contributed by atoms with Gasteiger partial charge in [0, 0.05) is 35.8 Å². The number of carbonyl (C=O) groups excluding carboxylic acids is 2. The monoisotopic (exact) mass is 443 g/mol. The molecule has 6 heteroatoms. The molecule has 0 radical (unpaired) electrons. The van der Waals surface area contributed by atoms with Gasteiger partial charge in [0.05, 0.1) is 17.3 Å². The zero-order chi connectivity index (χ0) is 22.0. The number of rotatable bonds is 1. The Kier molecular flexibility index (Phi) is 4.30. The Morgan fingerprint density at radius 1 is 0.938 bits per heavy atom. The molecular weight excluding hydrogens is 422 g/mol. The Bertz CT molecular complexity index is 1240. The summed E-state index contributed by atoms with van der Waals surface area (Å²) in [6.45, 7) is 0.667. The summed E-state index contributed by atoms with van der Waals surface area (Å²) in [4.78, 5) is 33.3. The van der Waals surface area contributed by atoms with Gasteiger partial charge in [0.25, 0.3) is 11.8 Å². The molecule has 3 aliphatic rings. The maximum atomic E-state index is 13.8. The van der Waals surface area contributed by atoms with Crippen molar-refractivity contribution in [3.05, 3.63) is 94.5 Å². The zero-order valence-electron chi connectivity index (χ0n) is 17.6. The molecule has 1 saturated heterocycles. The lowest BCUT2D eigenvalue weighted by Crippen LogP contribution is -2.67. The Morgan fingerprint density at radius 2 is 1.62 bits per heavy atom. The SMILES string of the molecule is CN1c2ccccc2C(=O)N2CCC3c4ccccc4N(C(=O)c4ccc(Cl)cc4)C3C21. The average Bonchev–Trinajstić information content (AvgIpc) is 3.16. The normalized spacial score (nSPS) is 23.4. The standard InChI is InChI=1S/C26H22ClN3O2/c1-28-21-8-4-3-7-20(21)26(32)29-15-14-19-18-6-2-5-9-22(18)30(23(19)24(28)29)25(31)16-10-12-17(27)13-11-16/h2-13,19,23-24H,14-15H2,1H3. The van der Waals surface area contributed by atoms with Crippen LogP contribution in [0.1, 0.15) is 38.6 Å². The minimum absolute atomic E-state index is 0.0389. The number of likely N-dealkylation sites (N-methyl/N-ethyl adjacent to an activating group) is 1. The number of fused-ring (bicyclic) bond motifs is 6. The van der Waals surface area contributed by atoms with Crippen LogP contribution in [0.2, 0.25) is 5.02 Å². The molecule has 3 aromatic rings. The molecular formula is C26H22ClN3O2. The molecule has 0 aromatic heterocycles. The lowest BCUT2D eigenvalue weighted by Gasteiger charge is -2.52. The lowest BCUT2D eigenvalue weighted by molar-refractivity contribution is 0.0516. The van der Waals surface area contributed by atoms with Gasteiger partial charge in [0.2, 0.25) is 0 Å². The van der Waals surface area contributed by atoms with Gasteiger partial charge in [-0.05, 0) is 54.4 Å². The molecule has 1 fully saturated rings. The molecule has 3 aromatic carbocycles. The van der Waals surface area contributed by atoms with Gasteiger partial charge in [-0.25, -0.2) is 0 Å². The third-order valence-corrected chi connectivity index (χ3v) is 7.35. The summed E-state index contributed by atoms with van der Waals surface area (Å²) < 4.78 is 0. The second kappa shape index (κ2) is 7.10. The fraction of sp³-hybridized carbons (Fsp3) is 0.231. The summed E-state index contributed by atoms with van der Waals surface area (Å²) in [7, 11) is 2.03. The second-order valence-corrected chi connectivity index (χ2v) is 9.10. The minimum atomic E-state index is -0.236. The predicted molar refractivity (Wildman–Crippen MR) is 126 cm³/mol. The summed E-state index contributed by atoms with van der Waals surface area (Å²) in [5.74, 6) is 0.143. The van der Waals surface area contributed by atoms with Crippen LogP contribution >= 0.6 is 11.6 Å². The molecule has 0 aliphatic carbocycles. The van der Waals surface area contributed by atoms with E-state index in [1.807, 2.05) is 59.3 Å². The van der Waals surface area contributed by atoms with Crippen LogP contribution in [0.3, 0.4) is 0 Å². The van der Waals surface area contributed by atoms with Gasteiger partial charge in [-0.1, -0.05) is 41.9 Å². The fourth-order valence-electron chi connectivity index (χ4n) is 5.70. The summed E-state index contributed by atoms with van der Waals surface area (Å²) in [5, 5.41) is 0.597. The number of carbonyl (C=O) groups is 2. The van der Waals surface area contributed by atoms with E-state index in [1.165, 1.54) is 5.56 Å². The van der Waals surface area contributed by atoms with E-state index in [2.05, 4.69) is 11.0 Å². The number of halogens is 1. The highest BCUT2D eigenvalue weighted by Gasteiger charge is 2.54. The van der Waals surface area contributed by atoms with Crippen LogP contribution in [0.15, 0.2) is 72.8 Å². The first-order chi connectivity index (χ1) is 15.6. The number of benzene rings is 3. The van der Waals surface area contributed by atoms with Crippen molar-refractivity contribution in [3.63, 3.8) is 0 Å². The predicted octanol–water partition coefficient (Wildman–Crippen LogP) is 4.77. The summed E-state index contributed by atoms with van der Waals surface area (Å²) in [6.07, 6.45) is 0.587. The third kappa shape index (κ3) is 2.64. The number of amides is 2. The van der Waals surface area contributed by atoms with E-state index < -0.39 is 0 Å². The van der Waals surface area contributed by atoms with Gasteiger partial charge in [-0.3, -0.25) is 9.59 Å². The summed E-state index contributed by atoms with van der Waals surface area (Å²) in [6, 6.07) is 22.7. The molecule has 0 bridgehead atoms. The Hall–Kier alpha value is -3.31. The quantitative estimate of drug-likeness (QED) is 0.544. The van der Waals surface area contributed by atoms with Crippen LogP contribution in [0, 0.1) is 0 Å². The summed E-state index contributed by atoms with van der Waals surface area (Å²) in [5.41, 5.74) is 4.33. The molecule has 32 heavy (non-hydrogen) atoms. The third-order valence-electron chi connectivity index (χ3n) is 7.09. The van der Waals surface area contributed by atoms with Gasteiger partial charge in [-0.2, -0.15) is 0 Å². The van der Waals surface area contributed by atoms with E-state index in [0.717, 1.165) is 23.4 Å². The van der Waals surface area contributed by atoms with Crippen molar-refractivity contribution in [2.45, 2.75) is 24.5 Å². The van der Waals surface area contributed by atoms with Crippen LogP contribution < -0.4 is 9.80 Å². The van der Waals surface area contributed by atoms with Crippen molar-refractivity contribution in [2.24, 2.45) is 0 Å². The number of para-hydroxylation sites is 2. The highest BCUT2D eigenvalue weighted by atomic mass is 35.5. The topological polar surface area (TPSA) is 43.9 Å². The van der Waals surface area contributed by atoms with Gasteiger partial charge in [0.15, 0.2) is 0 Å². The van der Waals surface area contributed by atoms with Crippen LogP contribution in [0.5, 0.6) is 0 Å². The summed E-state index contributed by atoms with van der Waals surface area (Å²) >= 11 is 6.07. The van der Waals surface area contributed by atoms with E-state index in [1.54, 1.807) is 24.3 Å². The van der Waals surface area contributed by atoms with Crippen molar-refractivity contribution in [1.82, 2.24) is 4.90 Å². The van der Waals surface area contributed by atoms with Crippen molar-refractivity contribution in [2.75, 3.05) is 23.4 Å². The van der Waals surface area contributed by atoms with Crippen molar-refractivity contribution in [3.8, 4) is 0 Å². The molecule has 3 heterocycles. The van der Waals surface area contributed by atoms with Gasteiger partial charge in [0.1, 0.15) is 6.17 Å². The Balaban J connectivity index is 1.50. The molecule has 3 aliphatic heterocycles. The largest absolute Gasteiger partial charge is 0.352 e. The van der Waals surface area contributed by atoms with Crippen LogP contribution in [0.4, 0.5) is 11.4 Å². The fourth-order valence-corrected chi connectivity index (χ4v) is 5.83. The highest BCUT2D eigenvalue weighted by Crippen LogP contribution is 2.50. The molecule has 5 nitrogen and oxygen atoms in total. The first-order valence-corrected chi connectivity index (χ1v) is 11.2. The van der Waals surface area contributed by atoms with E-state index >= 15 is 0 Å². The van der Waals surface area contributed by atoms with E-state index in [4.69, 9.17) is 11.6 Å².